The number of benzene rings is 1. The van der Waals surface area contributed by atoms with Gasteiger partial charge in [0.1, 0.15) is 5.82 Å². The number of hydrogen-bond acceptors (Lipinski definition) is 5. The molecule has 0 saturated carbocycles. The summed E-state index contributed by atoms with van der Waals surface area (Å²) in [6, 6.07) is 13.6. The zero-order valence-electron chi connectivity index (χ0n) is 14.4. The molecule has 1 aromatic heterocycles. The van der Waals surface area contributed by atoms with Crippen LogP contribution in [0, 0.1) is 0 Å². The van der Waals surface area contributed by atoms with Crippen LogP contribution in [0.5, 0.6) is 0 Å². The number of rotatable bonds is 6. The number of piperazine rings is 1. The van der Waals surface area contributed by atoms with Gasteiger partial charge in [0, 0.05) is 43.8 Å². The first kappa shape index (κ1) is 17.5. The summed E-state index contributed by atoms with van der Waals surface area (Å²) in [7, 11) is -3.24. The van der Waals surface area contributed by atoms with Crippen LogP contribution in [0.1, 0.15) is 13.3 Å². The van der Waals surface area contributed by atoms with Crippen LogP contribution in [0.2, 0.25) is 0 Å². The van der Waals surface area contributed by atoms with Crippen LogP contribution in [0.15, 0.2) is 48.7 Å². The van der Waals surface area contributed by atoms with E-state index in [0.717, 1.165) is 37.7 Å². The maximum atomic E-state index is 11.8. The fraction of sp³-hybridized carbons (Fsp3) is 0.389. The molecule has 7 heteroatoms. The van der Waals surface area contributed by atoms with Crippen molar-refractivity contribution in [3.05, 3.63) is 48.7 Å². The van der Waals surface area contributed by atoms with E-state index in [2.05, 4.69) is 19.5 Å². The lowest BCUT2D eigenvalue weighted by Crippen LogP contribution is -2.46. The Labute approximate surface area is 149 Å². The Balaban J connectivity index is 1.59. The van der Waals surface area contributed by atoms with E-state index >= 15 is 0 Å². The van der Waals surface area contributed by atoms with Crippen LogP contribution in [0.3, 0.4) is 0 Å². The highest BCUT2D eigenvalue weighted by molar-refractivity contribution is 7.92. The van der Waals surface area contributed by atoms with Crippen LogP contribution in [0.25, 0.3) is 0 Å². The molecule has 2 aromatic rings. The lowest BCUT2D eigenvalue weighted by atomic mass is 10.2. The largest absolute Gasteiger partial charge is 0.368 e. The van der Waals surface area contributed by atoms with Crippen molar-refractivity contribution in [2.75, 3.05) is 46.5 Å². The molecule has 25 heavy (non-hydrogen) atoms. The first-order valence-electron chi connectivity index (χ1n) is 8.59. The number of sulfonamides is 1. The molecule has 6 nitrogen and oxygen atoms in total. The third-order valence-corrected chi connectivity index (χ3v) is 5.72. The monoisotopic (exact) mass is 360 g/mol. The summed E-state index contributed by atoms with van der Waals surface area (Å²) in [5, 5.41) is 0. The second kappa shape index (κ2) is 7.74. The highest BCUT2D eigenvalue weighted by Gasteiger charge is 2.18. The van der Waals surface area contributed by atoms with Gasteiger partial charge in [-0.25, -0.2) is 13.4 Å². The van der Waals surface area contributed by atoms with Gasteiger partial charge in [-0.2, -0.15) is 0 Å². The van der Waals surface area contributed by atoms with E-state index in [0.29, 0.717) is 12.1 Å². The number of aromatic nitrogens is 1. The van der Waals surface area contributed by atoms with Gasteiger partial charge < -0.3 is 9.80 Å². The summed E-state index contributed by atoms with van der Waals surface area (Å²) < 4.78 is 26.3. The highest BCUT2D eigenvalue weighted by atomic mass is 32.2. The molecule has 1 aromatic carbocycles. The molecule has 1 N–H and O–H groups in total. The summed E-state index contributed by atoms with van der Waals surface area (Å²) in [4.78, 5) is 8.99. The Bertz CT molecular complexity index is 770. The van der Waals surface area contributed by atoms with E-state index in [1.807, 2.05) is 55.6 Å². The summed E-state index contributed by atoms with van der Waals surface area (Å²) in [6.45, 7) is 5.52. The van der Waals surface area contributed by atoms with E-state index in [4.69, 9.17) is 0 Å². The van der Waals surface area contributed by atoms with Crippen LogP contribution >= 0.6 is 0 Å². The average Bonchev–Trinajstić information content (AvgIpc) is 2.63. The smallest absolute Gasteiger partial charge is 0.232 e. The summed E-state index contributed by atoms with van der Waals surface area (Å²) >= 11 is 0. The molecular weight excluding hydrogens is 336 g/mol. The second-order valence-corrected chi connectivity index (χ2v) is 7.97. The van der Waals surface area contributed by atoms with Crippen molar-refractivity contribution in [3.63, 3.8) is 0 Å². The molecule has 0 amide bonds. The van der Waals surface area contributed by atoms with E-state index < -0.39 is 10.0 Å². The van der Waals surface area contributed by atoms with Gasteiger partial charge in [0.2, 0.25) is 10.0 Å². The second-order valence-electron chi connectivity index (χ2n) is 6.13. The van der Waals surface area contributed by atoms with E-state index in [1.165, 1.54) is 0 Å². The van der Waals surface area contributed by atoms with Gasteiger partial charge in [-0.05, 0) is 42.8 Å². The maximum Gasteiger partial charge on any atom is 0.232 e. The minimum Gasteiger partial charge on any atom is -0.368 e. The Morgan fingerprint density at radius 2 is 1.68 bits per heavy atom. The molecule has 2 heterocycles. The van der Waals surface area contributed by atoms with Crippen molar-refractivity contribution in [1.29, 1.82) is 0 Å². The lowest BCUT2D eigenvalue weighted by molar-refractivity contribution is 0.600. The van der Waals surface area contributed by atoms with Crippen molar-refractivity contribution in [2.24, 2.45) is 0 Å². The molecule has 0 bridgehead atoms. The zero-order valence-corrected chi connectivity index (χ0v) is 15.2. The van der Waals surface area contributed by atoms with Gasteiger partial charge in [-0.1, -0.05) is 13.0 Å². The molecule has 0 atom stereocenters. The first-order chi connectivity index (χ1) is 12.1. The van der Waals surface area contributed by atoms with Crippen molar-refractivity contribution < 1.29 is 8.42 Å². The third kappa shape index (κ3) is 4.63. The SMILES string of the molecule is CCCS(=O)(=O)Nc1ccc(N2CCN(c3ccccn3)CC2)cc1. The van der Waals surface area contributed by atoms with Crippen LogP contribution in [0.4, 0.5) is 17.2 Å². The standard InChI is InChI=1S/C18H24N4O2S/c1-2-15-25(23,24)20-16-6-8-17(9-7-16)21-11-13-22(14-12-21)18-5-3-4-10-19-18/h3-10,20H,2,11-15H2,1H3. The minimum atomic E-state index is -3.24. The fourth-order valence-corrected chi connectivity index (χ4v) is 4.11. The van der Waals surface area contributed by atoms with E-state index in [1.54, 1.807) is 0 Å². The summed E-state index contributed by atoms with van der Waals surface area (Å²) in [6.07, 6.45) is 2.42. The average molecular weight is 360 g/mol. The lowest BCUT2D eigenvalue weighted by Gasteiger charge is -2.36. The topological polar surface area (TPSA) is 65.5 Å². The number of hydrogen-bond donors (Lipinski definition) is 1. The van der Waals surface area contributed by atoms with Gasteiger partial charge in [-0.15, -0.1) is 0 Å². The van der Waals surface area contributed by atoms with E-state index in [-0.39, 0.29) is 5.75 Å². The molecule has 0 unspecified atom stereocenters. The van der Waals surface area contributed by atoms with Gasteiger partial charge in [0.05, 0.1) is 5.75 Å². The molecule has 1 aliphatic heterocycles. The Hall–Kier alpha value is -2.28. The highest BCUT2D eigenvalue weighted by Crippen LogP contribution is 2.21. The van der Waals surface area contributed by atoms with E-state index in [9.17, 15) is 8.42 Å². The van der Waals surface area contributed by atoms with Crippen molar-refractivity contribution in [1.82, 2.24) is 4.98 Å². The molecule has 1 saturated heterocycles. The third-order valence-electron chi connectivity index (χ3n) is 4.23. The van der Waals surface area contributed by atoms with Crippen molar-refractivity contribution in [2.45, 2.75) is 13.3 Å². The molecule has 1 fully saturated rings. The molecule has 0 aliphatic carbocycles. The number of nitrogens with one attached hydrogen (secondary N) is 1. The maximum absolute atomic E-state index is 11.8. The fourth-order valence-electron chi connectivity index (χ4n) is 2.97. The predicted octanol–water partition coefficient (Wildman–Crippen LogP) is 2.56. The van der Waals surface area contributed by atoms with Crippen LogP contribution in [-0.2, 0) is 10.0 Å². The summed E-state index contributed by atoms with van der Waals surface area (Å²) in [5.74, 6) is 1.16. The van der Waals surface area contributed by atoms with Crippen molar-refractivity contribution in [3.8, 4) is 0 Å². The molecule has 3 rings (SSSR count). The predicted molar refractivity (Wildman–Crippen MR) is 103 cm³/mol. The Morgan fingerprint density at radius 1 is 1.00 bits per heavy atom. The molecule has 134 valence electrons. The first-order valence-corrected chi connectivity index (χ1v) is 10.2. The van der Waals surface area contributed by atoms with Crippen molar-refractivity contribution >= 4 is 27.2 Å². The molecular formula is C18H24N4O2S. The molecule has 0 spiro atoms. The minimum absolute atomic E-state index is 0.143. The zero-order chi connectivity index (χ0) is 17.7. The van der Waals surface area contributed by atoms with Gasteiger partial charge in [0.15, 0.2) is 0 Å². The van der Waals surface area contributed by atoms with Gasteiger partial charge in [-0.3, -0.25) is 4.72 Å². The van der Waals surface area contributed by atoms with Gasteiger partial charge >= 0.3 is 0 Å². The number of nitrogens with zero attached hydrogens (tertiary/aromatic N) is 3. The number of pyridine rings is 1. The molecule has 0 radical (unpaired) electrons. The van der Waals surface area contributed by atoms with Gasteiger partial charge in [0.25, 0.3) is 0 Å². The Morgan fingerprint density at radius 3 is 2.28 bits per heavy atom. The summed E-state index contributed by atoms with van der Waals surface area (Å²) in [5.41, 5.74) is 1.73. The Kier molecular flexibility index (Phi) is 5.43. The molecule has 1 aliphatic rings. The quantitative estimate of drug-likeness (QED) is 0.858. The number of anilines is 3. The van der Waals surface area contributed by atoms with Crippen LogP contribution < -0.4 is 14.5 Å². The normalized spacial score (nSPS) is 15.2. The van der Waals surface area contributed by atoms with Crippen LogP contribution in [-0.4, -0.2) is 45.3 Å².